The molecule has 1 fully saturated rings. The van der Waals surface area contributed by atoms with Crippen LogP contribution in [-0.2, 0) is 4.74 Å². The summed E-state index contributed by atoms with van der Waals surface area (Å²) < 4.78 is 8.68. The fraction of sp³-hybridized carbons (Fsp3) is 0.211. The molecule has 7 nitrogen and oxygen atoms in total. The number of ether oxygens (including phenoxy) is 1. The van der Waals surface area contributed by atoms with E-state index in [2.05, 4.69) is 20.7 Å². The third kappa shape index (κ3) is 3.67. The number of anilines is 2. The fourth-order valence-corrected chi connectivity index (χ4v) is 3.90. The van der Waals surface area contributed by atoms with Crippen LogP contribution >= 0.6 is 11.9 Å². The van der Waals surface area contributed by atoms with E-state index in [-0.39, 0.29) is 10.6 Å². The summed E-state index contributed by atoms with van der Waals surface area (Å²) in [5, 5.41) is 12.3. The van der Waals surface area contributed by atoms with Gasteiger partial charge in [0.15, 0.2) is 0 Å². The molecule has 0 amide bonds. The largest absolute Gasteiger partial charge is 0.378 e. The van der Waals surface area contributed by atoms with Crippen molar-refractivity contribution in [3.05, 3.63) is 64.8 Å². The van der Waals surface area contributed by atoms with Crippen molar-refractivity contribution in [3.8, 4) is 0 Å². The number of morpholine rings is 1. The lowest BCUT2D eigenvalue weighted by Gasteiger charge is -2.30. The van der Waals surface area contributed by atoms with Crippen LogP contribution < -0.4 is 9.62 Å². The van der Waals surface area contributed by atoms with Crippen molar-refractivity contribution in [2.75, 3.05) is 35.9 Å². The number of nitrogens with one attached hydrogen (secondary N) is 1. The highest BCUT2D eigenvalue weighted by Crippen LogP contribution is 2.35. The first-order valence-corrected chi connectivity index (χ1v) is 9.42. The van der Waals surface area contributed by atoms with Gasteiger partial charge in [-0.2, -0.15) is 0 Å². The molecular weight excluding hydrogens is 364 g/mol. The predicted octanol–water partition coefficient (Wildman–Crippen LogP) is 4.10. The zero-order valence-corrected chi connectivity index (χ0v) is 15.3. The molecule has 2 aromatic carbocycles. The SMILES string of the molecule is O=[N+]([O-])c1ccccc1SNc1ccc(N2CCOCC2)c2cccnc12. The molecule has 0 saturated carbocycles. The van der Waals surface area contributed by atoms with E-state index < -0.39 is 0 Å². The Morgan fingerprint density at radius 2 is 1.93 bits per heavy atom. The number of nitro groups is 1. The summed E-state index contributed by atoms with van der Waals surface area (Å²) in [6, 6.07) is 14.7. The first-order valence-electron chi connectivity index (χ1n) is 8.61. The van der Waals surface area contributed by atoms with Crippen LogP contribution in [0.4, 0.5) is 17.1 Å². The normalized spacial score (nSPS) is 14.3. The van der Waals surface area contributed by atoms with Gasteiger partial charge in [-0.25, -0.2) is 0 Å². The minimum atomic E-state index is -0.373. The van der Waals surface area contributed by atoms with Gasteiger partial charge in [0.05, 0.1) is 29.3 Å². The van der Waals surface area contributed by atoms with Crippen molar-refractivity contribution in [2.45, 2.75) is 4.90 Å². The van der Waals surface area contributed by atoms with Crippen molar-refractivity contribution < 1.29 is 9.66 Å². The molecule has 1 aliphatic rings. The number of hydrogen-bond donors (Lipinski definition) is 1. The molecule has 0 atom stereocenters. The predicted molar refractivity (Wildman–Crippen MR) is 107 cm³/mol. The molecule has 0 bridgehead atoms. The lowest BCUT2D eigenvalue weighted by molar-refractivity contribution is -0.387. The standard InChI is InChI=1S/C19H18N4O3S/c24-23(25)17-5-1-2-6-18(17)27-21-15-7-8-16(22-10-12-26-13-11-22)14-4-3-9-20-19(14)15/h1-9,21H,10-13H2. The molecule has 2 heterocycles. The number of nitrogens with zero attached hydrogens (tertiary/aromatic N) is 3. The molecule has 138 valence electrons. The summed E-state index contributed by atoms with van der Waals surface area (Å²) in [5.74, 6) is 0. The molecule has 1 aliphatic heterocycles. The van der Waals surface area contributed by atoms with E-state index in [0.29, 0.717) is 4.90 Å². The first-order chi connectivity index (χ1) is 13.2. The zero-order chi connectivity index (χ0) is 18.6. The van der Waals surface area contributed by atoms with Crippen molar-refractivity contribution in [3.63, 3.8) is 0 Å². The number of benzene rings is 2. The molecule has 0 radical (unpaired) electrons. The molecule has 27 heavy (non-hydrogen) atoms. The van der Waals surface area contributed by atoms with Crippen LogP contribution in [0.15, 0.2) is 59.6 Å². The van der Waals surface area contributed by atoms with Crippen LogP contribution in [0.2, 0.25) is 0 Å². The quantitative estimate of drug-likeness (QED) is 0.404. The molecule has 8 heteroatoms. The Bertz CT molecular complexity index is 976. The van der Waals surface area contributed by atoms with Crippen molar-refractivity contribution >= 4 is 39.9 Å². The summed E-state index contributed by atoms with van der Waals surface area (Å²) in [5.41, 5.74) is 2.87. The lowest BCUT2D eigenvalue weighted by atomic mass is 10.1. The third-order valence-electron chi connectivity index (χ3n) is 4.43. The van der Waals surface area contributed by atoms with E-state index in [4.69, 9.17) is 4.74 Å². The van der Waals surface area contributed by atoms with Crippen LogP contribution in [0.1, 0.15) is 0 Å². The molecular formula is C19H18N4O3S. The number of pyridine rings is 1. The Balaban J connectivity index is 1.64. The Morgan fingerprint density at radius 3 is 2.74 bits per heavy atom. The summed E-state index contributed by atoms with van der Waals surface area (Å²) in [6.07, 6.45) is 1.76. The fourth-order valence-electron chi connectivity index (χ4n) is 3.12. The topological polar surface area (TPSA) is 80.5 Å². The minimum Gasteiger partial charge on any atom is -0.378 e. The highest BCUT2D eigenvalue weighted by atomic mass is 32.2. The first kappa shape index (κ1) is 17.6. The maximum atomic E-state index is 11.2. The summed E-state index contributed by atoms with van der Waals surface area (Å²) in [7, 11) is 0. The van der Waals surface area contributed by atoms with Crippen LogP contribution in [-0.4, -0.2) is 36.2 Å². The van der Waals surface area contributed by atoms with Gasteiger partial charge in [0, 0.05) is 36.4 Å². The number of nitro benzene ring substituents is 1. The lowest BCUT2D eigenvalue weighted by Crippen LogP contribution is -2.36. The van der Waals surface area contributed by atoms with Gasteiger partial charge in [-0.1, -0.05) is 12.1 Å². The highest BCUT2D eigenvalue weighted by Gasteiger charge is 2.17. The van der Waals surface area contributed by atoms with Gasteiger partial charge in [0.25, 0.3) is 5.69 Å². The summed E-state index contributed by atoms with van der Waals surface area (Å²) in [6.45, 7) is 3.13. The van der Waals surface area contributed by atoms with E-state index in [0.717, 1.165) is 48.6 Å². The van der Waals surface area contributed by atoms with Crippen molar-refractivity contribution in [1.82, 2.24) is 4.98 Å². The summed E-state index contributed by atoms with van der Waals surface area (Å²) in [4.78, 5) is 18.2. The van der Waals surface area contributed by atoms with Crippen molar-refractivity contribution in [1.29, 1.82) is 0 Å². The Kier molecular flexibility index (Phi) is 5.08. The van der Waals surface area contributed by atoms with Crippen LogP contribution in [0.5, 0.6) is 0 Å². The van der Waals surface area contributed by atoms with Crippen LogP contribution in [0.3, 0.4) is 0 Å². The second kappa shape index (κ2) is 7.81. The number of hydrogen-bond acceptors (Lipinski definition) is 7. The van der Waals surface area contributed by atoms with E-state index in [1.165, 1.54) is 18.0 Å². The number of rotatable bonds is 5. The van der Waals surface area contributed by atoms with Crippen LogP contribution in [0.25, 0.3) is 10.9 Å². The van der Waals surface area contributed by atoms with Gasteiger partial charge in [-0.3, -0.25) is 15.1 Å². The Labute approximate surface area is 160 Å². The molecule has 1 N–H and O–H groups in total. The highest BCUT2D eigenvalue weighted by molar-refractivity contribution is 8.00. The average Bonchev–Trinajstić information content (AvgIpc) is 2.72. The molecule has 1 saturated heterocycles. The van der Waals surface area contributed by atoms with Gasteiger partial charge in [0.2, 0.25) is 0 Å². The van der Waals surface area contributed by atoms with Gasteiger partial charge in [-0.15, -0.1) is 0 Å². The van der Waals surface area contributed by atoms with Crippen molar-refractivity contribution in [2.24, 2.45) is 0 Å². The van der Waals surface area contributed by atoms with Crippen LogP contribution in [0, 0.1) is 10.1 Å². The van der Waals surface area contributed by atoms with Gasteiger partial charge in [-0.05, 0) is 42.3 Å². The Hall–Kier alpha value is -2.84. The third-order valence-corrected chi connectivity index (χ3v) is 5.32. The molecule has 1 aromatic heterocycles. The van der Waals surface area contributed by atoms with E-state index in [1.54, 1.807) is 24.4 Å². The minimum absolute atomic E-state index is 0.0807. The monoisotopic (exact) mass is 382 g/mol. The maximum Gasteiger partial charge on any atom is 0.284 e. The van der Waals surface area contributed by atoms with Gasteiger partial charge < -0.3 is 14.4 Å². The van der Waals surface area contributed by atoms with E-state index in [1.807, 2.05) is 18.2 Å². The number of fused-ring (bicyclic) bond motifs is 1. The Morgan fingerprint density at radius 1 is 1.11 bits per heavy atom. The molecule has 3 aromatic rings. The van der Waals surface area contributed by atoms with Gasteiger partial charge >= 0.3 is 0 Å². The summed E-state index contributed by atoms with van der Waals surface area (Å²) >= 11 is 1.22. The molecule has 0 unspecified atom stereocenters. The van der Waals surface area contributed by atoms with E-state index in [9.17, 15) is 10.1 Å². The average molecular weight is 382 g/mol. The second-order valence-electron chi connectivity index (χ2n) is 6.06. The molecule has 0 aliphatic carbocycles. The number of para-hydroxylation sites is 1. The van der Waals surface area contributed by atoms with E-state index >= 15 is 0 Å². The van der Waals surface area contributed by atoms with Gasteiger partial charge in [0.1, 0.15) is 4.90 Å². The maximum absolute atomic E-state index is 11.2. The zero-order valence-electron chi connectivity index (χ0n) is 14.5. The smallest absolute Gasteiger partial charge is 0.284 e. The molecule has 4 rings (SSSR count). The number of aromatic nitrogens is 1. The second-order valence-corrected chi connectivity index (χ2v) is 6.91. The molecule has 0 spiro atoms.